The van der Waals surface area contributed by atoms with E-state index in [1.54, 1.807) is 18.9 Å². The van der Waals surface area contributed by atoms with Crippen molar-refractivity contribution in [2.45, 2.75) is 24.7 Å². The van der Waals surface area contributed by atoms with Gasteiger partial charge in [-0.2, -0.15) is 0 Å². The molecule has 0 bridgehead atoms. The number of carbonyl (C=O) groups excluding carboxylic acids is 1. The van der Waals surface area contributed by atoms with Crippen molar-refractivity contribution in [1.29, 1.82) is 0 Å². The first-order valence-corrected chi connectivity index (χ1v) is 9.88. The van der Waals surface area contributed by atoms with Crippen LogP contribution < -0.4 is 10.1 Å². The molecule has 2 aromatic carbocycles. The van der Waals surface area contributed by atoms with Crippen LogP contribution in [0.2, 0.25) is 0 Å². The standard InChI is InChI=1S/C19H20N2O2S2/c1-13-5-10-16-17(12-13)25-19(20-16)21-18(22)4-3-11-24-15-8-6-14(23-2)7-9-15/h5-10,12H,3-4,11H2,1-2H3,(H,20,21,22). The summed E-state index contributed by atoms with van der Waals surface area (Å²) in [6, 6.07) is 14.1. The highest BCUT2D eigenvalue weighted by Crippen LogP contribution is 2.27. The van der Waals surface area contributed by atoms with Crippen LogP contribution in [0, 0.1) is 6.92 Å². The molecule has 0 aliphatic heterocycles. The number of hydrogen-bond donors (Lipinski definition) is 1. The zero-order chi connectivity index (χ0) is 17.6. The van der Waals surface area contributed by atoms with Crippen LogP contribution in [-0.2, 0) is 4.79 Å². The second kappa shape index (κ2) is 8.36. The van der Waals surface area contributed by atoms with Crippen LogP contribution in [0.5, 0.6) is 5.75 Å². The maximum atomic E-state index is 12.1. The Morgan fingerprint density at radius 1 is 1.24 bits per heavy atom. The van der Waals surface area contributed by atoms with Crippen LogP contribution in [0.4, 0.5) is 5.13 Å². The molecule has 1 N–H and O–H groups in total. The molecule has 0 saturated carbocycles. The molecule has 1 aromatic heterocycles. The molecule has 1 heterocycles. The van der Waals surface area contributed by atoms with Crippen molar-refractivity contribution in [1.82, 2.24) is 4.98 Å². The van der Waals surface area contributed by atoms with Crippen LogP contribution >= 0.6 is 23.1 Å². The number of benzene rings is 2. The predicted molar refractivity (Wildman–Crippen MR) is 106 cm³/mol. The molecule has 6 heteroatoms. The highest BCUT2D eigenvalue weighted by molar-refractivity contribution is 7.99. The molecule has 1 amide bonds. The summed E-state index contributed by atoms with van der Waals surface area (Å²) in [6.45, 7) is 2.05. The molecule has 25 heavy (non-hydrogen) atoms. The zero-order valence-corrected chi connectivity index (χ0v) is 15.9. The first-order valence-electron chi connectivity index (χ1n) is 8.08. The number of nitrogens with one attached hydrogen (secondary N) is 1. The summed E-state index contributed by atoms with van der Waals surface area (Å²) in [7, 11) is 1.66. The smallest absolute Gasteiger partial charge is 0.226 e. The predicted octanol–water partition coefficient (Wildman–Crippen LogP) is 5.12. The minimum atomic E-state index is 0.0195. The van der Waals surface area contributed by atoms with E-state index in [2.05, 4.69) is 23.3 Å². The lowest BCUT2D eigenvalue weighted by Gasteiger charge is -2.04. The van der Waals surface area contributed by atoms with E-state index in [0.717, 1.165) is 28.1 Å². The Balaban J connectivity index is 1.44. The van der Waals surface area contributed by atoms with Crippen molar-refractivity contribution >= 4 is 44.4 Å². The summed E-state index contributed by atoms with van der Waals surface area (Å²) in [5, 5.41) is 3.58. The van der Waals surface area contributed by atoms with Crippen molar-refractivity contribution in [3.05, 3.63) is 48.0 Å². The second-order valence-corrected chi connectivity index (χ2v) is 7.86. The van der Waals surface area contributed by atoms with Gasteiger partial charge >= 0.3 is 0 Å². The number of fused-ring (bicyclic) bond motifs is 1. The third-order valence-electron chi connectivity index (χ3n) is 3.67. The average Bonchev–Trinajstić information content (AvgIpc) is 3.00. The number of ether oxygens (including phenoxy) is 1. The Labute approximate surface area is 155 Å². The number of aromatic nitrogens is 1. The van der Waals surface area contributed by atoms with E-state index in [9.17, 15) is 4.79 Å². The van der Waals surface area contributed by atoms with Crippen molar-refractivity contribution in [3.63, 3.8) is 0 Å². The molecule has 0 saturated heterocycles. The van der Waals surface area contributed by atoms with E-state index in [4.69, 9.17) is 4.74 Å². The first kappa shape index (κ1) is 17.8. The van der Waals surface area contributed by atoms with Gasteiger partial charge in [-0.3, -0.25) is 4.79 Å². The summed E-state index contributed by atoms with van der Waals surface area (Å²) in [6.07, 6.45) is 1.32. The fourth-order valence-corrected chi connectivity index (χ4v) is 4.19. The second-order valence-electron chi connectivity index (χ2n) is 5.67. The number of aryl methyl sites for hydroxylation is 1. The number of amides is 1. The number of rotatable bonds is 7. The van der Waals surface area contributed by atoms with Gasteiger partial charge in [-0.05, 0) is 61.1 Å². The van der Waals surface area contributed by atoms with Gasteiger partial charge in [-0.1, -0.05) is 17.4 Å². The Hall–Kier alpha value is -2.05. The van der Waals surface area contributed by atoms with Crippen LogP contribution in [0.15, 0.2) is 47.4 Å². The SMILES string of the molecule is COc1ccc(SCCCC(=O)Nc2nc3ccc(C)cc3s2)cc1. The molecule has 0 aliphatic carbocycles. The Bertz CT molecular complexity index is 859. The van der Waals surface area contributed by atoms with Gasteiger partial charge in [-0.25, -0.2) is 4.98 Å². The fourth-order valence-electron chi connectivity index (χ4n) is 2.36. The highest BCUT2D eigenvalue weighted by atomic mass is 32.2. The molecule has 0 fully saturated rings. The summed E-state index contributed by atoms with van der Waals surface area (Å²) in [4.78, 5) is 17.7. The van der Waals surface area contributed by atoms with Crippen molar-refractivity contribution in [3.8, 4) is 5.75 Å². The van der Waals surface area contributed by atoms with Gasteiger partial charge in [0.2, 0.25) is 5.91 Å². The van der Waals surface area contributed by atoms with Gasteiger partial charge in [-0.15, -0.1) is 11.8 Å². The van der Waals surface area contributed by atoms with Gasteiger partial charge in [0.15, 0.2) is 5.13 Å². The van der Waals surface area contributed by atoms with Crippen molar-refractivity contribution < 1.29 is 9.53 Å². The maximum Gasteiger partial charge on any atom is 0.226 e. The average molecular weight is 373 g/mol. The number of anilines is 1. The van der Waals surface area contributed by atoms with Gasteiger partial charge in [0, 0.05) is 11.3 Å². The van der Waals surface area contributed by atoms with Crippen LogP contribution in [0.1, 0.15) is 18.4 Å². The van der Waals surface area contributed by atoms with E-state index in [1.807, 2.05) is 36.4 Å². The normalized spacial score (nSPS) is 10.8. The van der Waals surface area contributed by atoms with Crippen LogP contribution in [0.25, 0.3) is 10.2 Å². The number of carbonyl (C=O) groups is 1. The zero-order valence-electron chi connectivity index (χ0n) is 14.2. The third kappa shape index (κ3) is 4.96. The van der Waals surface area contributed by atoms with E-state index < -0.39 is 0 Å². The third-order valence-corrected chi connectivity index (χ3v) is 5.70. The Morgan fingerprint density at radius 3 is 2.80 bits per heavy atom. The number of methoxy groups -OCH3 is 1. The molecule has 0 aliphatic rings. The van der Waals surface area contributed by atoms with Crippen molar-refractivity contribution in [2.75, 3.05) is 18.2 Å². The van der Waals surface area contributed by atoms with Gasteiger partial charge in [0.05, 0.1) is 17.3 Å². The van der Waals surface area contributed by atoms with Crippen molar-refractivity contribution in [2.24, 2.45) is 0 Å². The number of hydrogen-bond acceptors (Lipinski definition) is 5. The molecular weight excluding hydrogens is 352 g/mol. The Kier molecular flexibility index (Phi) is 5.94. The largest absolute Gasteiger partial charge is 0.497 e. The lowest BCUT2D eigenvalue weighted by atomic mass is 10.2. The van der Waals surface area contributed by atoms with E-state index in [0.29, 0.717) is 11.6 Å². The summed E-state index contributed by atoms with van der Waals surface area (Å²) in [5.41, 5.74) is 2.13. The molecule has 0 unspecified atom stereocenters. The van der Waals surface area contributed by atoms with Gasteiger partial charge in [0.25, 0.3) is 0 Å². The molecule has 4 nitrogen and oxygen atoms in total. The lowest BCUT2D eigenvalue weighted by Crippen LogP contribution is -2.11. The topological polar surface area (TPSA) is 51.2 Å². The molecule has 3 rings (SSSR count). The number of nitrogens with zero attached hydrogens (tertiary/aromatic N) is 1. The minimum Gasteiger partial charge on any atom is -0.497 e. The van der Waals surface area contributed by atoms with Crippen LogP contribution in [-0.4, -0.2) is 23.8 Å². The minimum absolute atomic E-state index is 0.0195. The lowest BCUT2D eigenvalue weighted by molar-refractivity contribution is -0.116. The molecule has 0 atom stereocenters. The molecule has 3 aromatic rings. The molecule has 0 radical (unpaired) electrons. The monoisotopic (exact) mass is 372 g/mol. The number of thiazole rings is 1. The van der Waals surface area contributed by atoms with E-state index in [-0.39, 0.29) is 5.91 Å². The summed E-state index contributed by atoms with van der Waals surface area (Å²) >= 11 is 3.26. The molecular formula is C19H20N2O2S2. The first-order chi connectivity index (χ1) is 12.1. The van der Waals surface area contributed by atoms with E-state index >= 15 is 0 Å². The van der Waals surface area contributed by atoms with Gasteiger partial charge < -0.3 is 10.1 Å². The highest BCUT2D eigenvalue weighted by Gasteiger charge is 2.08. The molecule has 130 valence electrons. The maximum absolute atomic E-state index is 12.1. The Morgan fingerprint density at radius 2 is 2.04 bits per heavy atom. The molecule has 0 spiro atoms. The van der Waals surface area contributed by atoms with E-state index in [1.165, 1.54) is 21.8 Å². The summed E-state index contributed by atoms with van der Waals surface area (Å²) in [5.74, 6) is 1.78. The fraction of sp³-hybridized carbons (Fsp3) is 0.263. The quantitative estimate of drug-likeness (QED) is 0.462. The summed E-state index contributed by atoms with van der Waals surface area (Å²) < 4.78 is 6.25. The van der Waals surface area contributed by atoms with Crippen LogP contribution in [0.3, 0.4) is 0 Å². The number of thioether (sulfide) groups is 1. The van der Waals surface area contributed by atoms with Gasteiger partial charge in [0.1, 0.15) is 5.75 Å².